The Morgan fingerprint density at radius 2 is 2.00 bits per heavy atom. The molecule has 0 unspecified atom stereocenters. The molecule has 3 aromatic rings. The van der Waals surface area contributed by atoms with Gasteiger partial charge in [0.1, 0.15) is 5.75 Å². The number of nitrogens with one attached hydrogen (secondary N) is 1. The standard InChI is InChI=1S/C18H17N3O2S/c1-12-3-4-13(2)16(9-12)23-10-17(22)21-18-20-15(11-24-18)14-5-7-19-8-6-14/h3-9,11H,10H2,1-2H3,(H,20,21,22). The van der Waals surface area contributed by atoms with Gasteiger partial charge in [-0.05, 0) is 43.2 Å². The first-order valence-corrected chi connectivity index (χ1v) is 8.35. The van der Waals surface area contributed by atoms with Gasteiger partial charge < -0.3 is 4.74 Å². The highest BCUT2D eigenvalue weighted by Gasteiger charge is 2.09. The van der Waals surface area contributed by atoms with E-state index in [2.05, 4.69) is 15.3 Å². The molecule has 1 amide bonds. The highest BCUT2D eigenvalue weighted by molar-refractivity contribution is 7.14. The van der Waals surface area contributed by atoms with Crippen LogP contribution in [-0.4, -0.2) is 22.5 Å². The molecule has 2 heterocycles. The van der Waals surface area contributed by atoms with E-state index < -0.39 is 0 Å². The fourth-order valence-corrected chi connectivity index (χ4v) is 2.88. The Kier molecular flexibility index (Phi) is 4.86. The zero-order chi connectivity index (χ0) is 16.9. The number of thiazole rings is 1. The van der Waals surface area contributed by atoms with Crippen LogP contribution in [0.25, 0.3) is 11.3 Å². The van der Waals surface area contributed by atoms with Crippen LogP contribution < -0.4 is 10.1 Å². The number of hydrogen-bond acceptors (Lipinski definition) is 5. The molecule has 0 saturated heterocycles. The molecule has 3 rings (SSSR count). The van der Waals surface area contributed by atoms with Crippen LogP contribution in [-0.2, 0) is 4.79 Å². The third kappa shape index (κ3) is 3.97. The maximum Gasteiger partial charge on any atom is 0.264 e. The van der Waals surface area contributed by atoms with Crippen LogP contribution in [0.5, 0.6) is 5.75 Å². The molecule has 6 heteroatoms. The number of rotatable bonds is 5. The van der Waals surface area contributed by atoms with E-state index in [1.807, 2.05) is 49.6 Å². The number of ether oxygens (including phenoxy) is 1. The van der Waals surface area contributed by atoms with Gasteiger partial charge in [-0.3, -0.25) is 15.1 Å². The van der Waals surface area contributed by atoms with Crippen molar-refractivity contribution in [1.82, 2.24) is 9.97 Å². The molecule has 5 nitrogen and oxygen atoms in total. The number of anilines is 1. The van der Waals surface area contributed by atoms with Crippen molar-refractivity contribution < 1.29 is 9.53 Å². The highest BCUT2D eigenvalue weighted by Crippen LogP contribution is 2.24. The summed E-state index contributed by atoms with van der Waals surface area (Å²) in [6, 6.07) is 9.67. The number of nitrogens with zero attached hydrogens (tertiary/aromatic N) is 2. The van der Waals surface area contributed by atoms with Crippen LogP contribution in [0.3, 0.4) is 0 Å². The monoisotopic (exact) mass is 339 g/mol. The van der Waals surface area contributed by atoms with Crippen LogP contribution >= 0.6 is 11.3 Å². The van der Waals surface area contributed by atoms with E-state index >= 15 is 0 Å². The van der Waals surface area contributed by atoms with Crippen molar-refractivity contribution in [1.29, 1.82) is 0 Å². The van der Waals surface area contributed by atoms with Crippen molar-refractivity contribution in [3.8, 4) is 17.0 Å². The first kappa shape index (κ1) is 16.1. The average molecular weight is 339 g/mol. The van der Waals surface area contributed by atoms with Gasteiger partial charge in [0.15, 0.2) is 11.7 Å². The largest absolute Gasteiger partial charge is 0.483 e. The van der Waals surface area contributed by atoms with Crippen molar-refractivity contribution in [2.24, 2.45) is 0 Å². The van der Waals surface area contributed by atoms with Crippen molar-refractivity contribution in [2.75, 3.05) is 11.9 Å². The molecule has 1 aromatic carbocycles. The fourth-order valence-electron chi connectivity index (χ4n) is 2.15. The summed E-state index contributed by atoms with van der Waals surface area (Å²) in [6.07, 6.45) is 3.43. The summed E-state index contributed by atoms with van der Waals surface area (Å²) in [5.41, 5.74) is 3.88. The number of benzene rings is 1. The topological polar surface area (TPSA) is 64.1 Å². The molecule has 0 fully saturated rings. The Hall–Kier alpha value is -2.73. The fraction of sp³-hybridized carbons (Fsp3) is 0.167. The van der Waals surface area contributed by atoms with Crippen molar-refractivity contribution in [3.05, 3.63) is 59.2 Å². The number of carbonyl (C=O) groups excluding carboxylic acids is 1. The van der Waals surface area contributed by atoms with Gasteiger partial charge in [-0.2, -0.15) is 0 Å². The van der Waals surface area contributed by atoms with Gasteiger partial charge in [0.05, 0.1) is 5.69 Å². The smallest absolute Gasteiger partial charge is 0.264 e. The summed E-state index contributed by atoms with van der Waals surface area (Å²) in [6.45, 7) is 3.89. The summed E-state index contributed by atoms with van der Waals surface area (Å²) < 4.78 is 5.60. The number of carbonyl (C=O) groups is 1. The zero-order valence-corrected chi connectivity index (χ0v) is 14.3. The second kappa shape index (κ2) is 7.23. The third-order valence-electron chi connectivity index (χ3n) is 3.43. The molecule has 0 radical (unpaired) electrons. The average Bonchev–Trinajstić information content (AvgIpc) is 3.05. The normalized spacial score (nSPS) is 10.4. The molecule has 122 valence electrons. The number of pyridine rings is 1. The Labute approximate surface area is 144 Å². The molecular weight excluding hydrogens is 322 g/mol. The van der Waals surface area contributed by atoms with E-state index in [1.54, 1.807) is 12.4 Å². The second-order valence-corrected chi connectivity index (χ2v) is 6.24. The molecule has 0 spiro atoms. The number of aromatic nitrogens is 2. The quantitative estimate of drug-likeness (QED) is 0.767. The number of amides is 1. The lowest BCUT2D eigenvalue weighted by Gasteiger charge is -2.09. The first-order chi connectivity index (χ1) is 11.6. The lowest BCUT2D eigenvalue weighted by atomic mass is 10.1. The van der Waals surface area contributed by atoms with Crippen LogP contribution in [0.4, 0.5) is 5.13 Å². The molecular formula is C18H17N3O2S. The molecule has 1 N–H and O–H groups in total. The van der Waals surface area contributed by atoms with E-state index in [1.165, 1.54) is 11.3 Å². The minimum atomic E-state index is -0.230. The van der Waals surface area contributed by atoms with E-state index in [-0.39, 0.29) is 12.5 Å². The molecule has 0 aliphatic heterocycles. The molecule has 0 bridgehead atoms. The van der Waals surface area contributed by atoms with Gasteiger partial charge in [-0.1, -0.05) is 12.1 Å². The molecule has 24 heavy (non-hydrogen) atoms. The lowest BCUT2D eigenvalue weighted by molar-refractivity contribution is -0.118. The first-order valence-electron chi connectivity index (χ1n) is 7.47. The SMILES string of the molecule is Cc1ccc(C)c(OCC(=O)Nc2nc(-c3ccncc3)cs2)c1. The van der Waals surface area contributed by atoms with Crippen LogP contribution in [0.2, 0.25) is 0 Å². The summed E-state index contributed by atoms with van der Waals surface area (Å²) >= 11 is 1.38. The van der Waals surface area contributed by atoms with E-state index in [9.17, 15) is 4.79 Å². The predicted molar refractivity (Wildman–Crippen MR) is 95.4 cm³/mol. The Morgan fingerprint density at radius 3 is 2.79 bits per heavy atom. The summed E-state index contributed by atoms with van der Waals surface area (Å²) in [4.78, 5) is 20.4. The van der Waals surface area contributed by atoms with Crippen LogP contribution in [0, 0.1) is 13.8 Å². The highest BCUT2D eigenvalue weighted by atomic mass is 32.1. The molecule has 0 aliphatic rings. The maximum absolute atomic E-state index is 12.0. The van der Waals surface area contributed by atoms with E-state index in [0.29, 0.717) is 5.13 Å². The molecule has 2 aromatic heterocycles. The lowest BCUT2D eigenvalue weighted by Crippen LogP contribution is -2.20. The summed E-state index contributed by atoms with van der Waals surface area (Å²) in [5, 5.41) is 5.22. The zero-order valence-electron chi connectivity index (χ0n) is 13.4. The molecule has 0 aliphatic carbocycles. The van der Waals surface area contributed by atoms with Gasteiger partial charge in [-0.25, -0.2) is 4.98 Å². The van der Waals surface area contributed by atoms with Crippen molar-refractivity contribution in [2.45, 2.75) is 13.8 Å². The van der Waals surface area contributed by atoms with Crippen LogP contribution in [0.15, 0.2) is 48.1 Å². The van der Waals surface area contributed by atoms with Gasteiger partial charge in [0.25, 0.3) is 5.91 Å². The Bertz CT molecular complexity index is 846. The Balaban J connectivity index is 1.59. The minimum Gasteiger partial charge on any atom is -0.483 e. The molecule has 0 saturated carbocycles. The van der Waals surface area contributed by atoms with Gasteiger partial charge in [0.2, 0.25) is 0 Å². The Morgan fingerprint density at radius 1 is 1.21 bits per heavy atom. The predicted octanol–water partition coefficient (Wildman–Crippen LogP) is 3.84. The number of aryl methyl sites for hydroxylation is 2. The van der Waals surface area contributed by atoms with Crippen molar-refractivity contribution >= 4 is 22.4 Å². The van der Waals surface area contributed by atoms with E-state index in [4.69, 9.17) is 4.74 Å². The molecule has 0 atom stereocenters. The second-order valence-electron chi connectivity index (χ2n) is 5.38. The number of hydrogen-bond donors (Lipinski definition) is 1. The van der Waals surface area contributed by atoms with Gasteiger partial charge in [-0.15, -0.1) is 11.3 Å². The third-order valence-corrected chi connectivity index (χ3v) is 4.19. The van der Waals surface area contributed by atoms with Crippen LogP contribution in [0.1, 0.15) is 11.1 Å². The van der Waals surface area contributed by atoms with Gasteiger partial charge in [0, 0.05) is 23.3 Å². The summed E-state index contributed by atoms with van der Waals surface area (Å²) in [5.74, 6) is 0.494. The maximum atomic E-state index is 12.0. The summed E-state index contributed by atoms with van der Waals surface area (Å²) in [7, 11) is 0. The van der Waals surface area contributed by atoms with Crippen molar-refractivity contribution in [3.63, 3.8) is 0 Å². The van der Waals surface area contributed by atoms with Gasteiger partial charge >= 0.3 is 0 Å². The minimum absolute atomic E-state index is 0.0472. The van der Waals surface area contributed by atoms with E-state index in [0.717, 1.165) is 28.1 Å².